The Kier molecular flexibility index (Phi) is 4.57. The van der Waals surface area contributed by atoms with Crippen LogP contribution in [0.4, 0.5) is 4.79 Å². The molecule has 0 radical (unpaired) electrons. The minimum Gasteiger partial charge on any atom is -0.444 e. The van der Waals surface area contributed by atoms with Crippen molar-refractivity contribution < 1.29 is 9.53 Å². The summed E-state index contributed by atoms with van der Waals surface area (Å²) in [5.74, 6) is 0. The lowest BCUT2D eigenvalue weighted by Gasteiger charge is -2.28. The summed E-state index contributed by atoms with van der Waals surface area (Å²) in [5, 5.41) is 3.56. The van der Waals surface area contributed by atoms with Gasteiger partial charge in [0.25, 0.3) is 0 Å². The van der Waals surface area contributed by atoms with Crippen LogP contribution in [-0.4, -0.2) is 40.7 Å². The first kappa shape index (κ1) is 16.2. The van der Waals surface area contributed by atoms with Gasteiger partial charge in [0, 0.05) is 25.3 Å². The molecule has 0 saturated heterocycles. The Bertz CT molecular complexity index is 564. The molecule has 0 spiro atoms. The zero-order valence-corrected chi connectivity index (χ0v) is 14.3. The van der Waals surface area contributed by atoms with Gasteiger partial charge in [-0.25, -0.2) is 4.79 Å². The summed E-state index contributed by atoms with van der Waals surface area (Å²) >= 11 is 0. The highest BCUT2D eigenvalue weighted by molar-refractivity contribution is 5.69. The van der Waals surface area contributed by atoms with E-state index in [0.717, 1.165) is 32.2 Å². The fraction of sp³-hybridized carbons (Fsp3) is 0.667. The van der Waals surface area contributed by atoms with Crippen molar-refractivity contribution >= 4 is 6.09 Å². The van der Waals surface area contributed by atoms with Crippen LogP contribution in [0.1, 0.15) is 57.3 Å². The summed E-state index contributed by atoms with van der Waals surface area (Å²) in [6.45, 7) is 7.20. The lowest BCUT2D eigenvalue weighted by atomic mass is 10.2. The Morgan fingerprint density at radius 1 is 1.39 bits per heavy atom. The Labute approximate surface area is 138 Å². The molecule has 1 N–H and O–H groups in total. The van der Waals surface area contributed by atoms with E-state index in [1.54, 1.807) is 0 Å². The third-order valence-corrected chi connectivity index (χ3v) is 4.32. The van der Waals surface area contributed by atoms with Gasteiger partial charge in [-0.3, -0.25) is 4.98 Å². The molecule has 1 fully saturated rings. The first-order valence-corrected chi connectivity index (χ1v) is 8.61. The van der Waals surface area contributed by atoms with Crippen LogP contribution < -0.4 is 5.32 Å². The molecule has 1 amide bonds. The van der Waals surface area contributed by atoms with E-state index in [2.05, 4.69) is 16.4 Å². The van der Waals surface area contributed by atoms with E-state index in [9.17, 15) is 4.79 Å². The van der Waals surface area contributed by atoms with E-state index in [4.69, 9.17) is 4.74 Å². The van der Waals surface area contributed by atoms with E-state index in [-0.39, 0.29) is 6.09 Å². The number of nitrogens with zero attached hydrogens (tertiary/aromatic N) is 2. The molecular weight excluding hydrogens is 290 g/mol. The SMILES string of the molecule is CC(C)(C)OC(=O)N(CCNC1CCc2cccnc21)C1CC1. The average Bonchev–Trinajstić information content (AvgIpc) is 3.22. The largest absolute Gasteiger partial charge is 0.444 e. The molecule has 23 heavy (non-hydrogen) atoms. The zero-order chi connectivity index (χ0) is 16.4. The van der Waals surface area contributed by atoms with Gasteiger partial charge in [0.1, 0.15) is 5.60 Å². The van der Waals surface area contributed by atoms with E-state index in [1.807, 2.05) is 37.9 Å². The third-order valence-electron chi connectivity index (χ3n) is 4.32. The number of aromatic nitrogens is 1. The van der Waals surface area contributed by atoms with Gasteiger partial charge in [-0.1, -0.05) is 6.07 Å². The summed E-state index contributed by atoms with van der Waals surface area (Å²) in [4.78, 5) is 18.7. The number of pyridine rings is 1. The van der Waals surface area contributed by atoms with Crippen molar-refractivity contribution in [3.05, 3.63) is 29.6 Å². The van der Waals surface area contributed by atoms with Crippen LogP contribution in [0.5, 0.6) is 0 Å². The molecule has 1 heterocycles. The third kappa shape index (κ3) is 4.22. The monoisotopic (exact) mass is 317 g/mol. The van der Waals surface area contributed by atoms with Gasteiger partial charge in [-0.15, -0.1) is 0 Å². The van der Waals surface area contributed by atoms with E-state index in [0.29, 0.717) is 18.6 Å². The first-order valence-electron chi connectivity index (χ1n) is 8.61. The number of nitrogens with one attached hydrogen (secondary N) is 1. The molecule has 0 bridgehead atoms. The highest BCUT2D eigenvalue weighted by atomic mass is 16.6. The maximum absolute atomic E-state index is 12.3. The molecule has 5 nitrogen and oxygen atoms in total. The number of ether oxygens (including phenoxy) is 1. The van der Waals surface area contributed by atoms with Crippen molar-refractivity contribution in [1.29, 1.82) is 0 Å². The summed E-state index contributed by atoms with van der Waals surface area (Å²) < 4.78 is 5.53. The second-order valence-corrected chi connectivity index (χ2v) is 7.50. The molecule has 1 saturated carbocycles. The van der Waals surface area contributed by atoms with Crippen LogP contribution in [0.15, 0.2) is 18.3 Å². The van der Waals surface area contributed by atoms with Gasteiger partial charge in [-0.2, -0.15) is 0 Å². The normalized spacial score (nSPS) is 20.2. The van der Waals surface area contributed by atoms with Crippen molar-refractivity contribution in [2.75, 3.05) is 13.1 Å². The Balaban J connectivity index is 1.51. The molecule has 3 rings (SSSR count). The Hall–Kier alpha value is -1.62. The van der Waals surface area contributed by atoms with Crippen LogP contribution in [0.25, 0.3) is 0 Å². The number of carbonyl (C=O) groups excluding carboxylic acids is 1. The van der Waals surface area contributed by atoms with Crippen LogP contribution in [0, 0.1) is 0 Å². The van der Waals surface area contributed by atoms with Crippen LogP contribution >= 0.6 is 0 Å². The van der Waals surface area contributed by atoms with Crippen molar-refractivity contribution in [2.24, 2.45) is 0 Å². The highest BCUT2D eigenvalue weighted by Gasteiger charge is 2.35. The molecule has 126 valence electrons. The summed E-state index contributed by atoms with van der Waals surface area (Å²) in [7, 11) is 0. The van der Waals surface area contributed by atoms with Crippen LogP contribution in [0.2, 0.25) is 0 Å². The Morgan fingerprint density at radius 2 is 2.17 bits per heavy atom. The van der Waals surface area contributed by atoms with Crippen molar-refractivity contribution in [3.8, 4) is 0 Å². The van der Waals surface area contributed by atoms with Gasteiger partial charge in [-0.05, 0) is 58.1 Å². The number of carbonyl (C=O) groups is 1. The quantitative estimate of drug-likeness (QED) is 0.907. The van der Waals surface area contributed by atoms with Crippen molar-refractivity contribution in [2.45, 2.75) is 64.1 Å². The molecule has 1 aromatic rings. The fourth-order valence-electron chi connectivity index (χ4n) is 3.10. The number of rotatable bonds is 5. The molecule has 0 aromatic carbocycles. The zero-order valence-electron chi connectivity index (χ0n) is 14.3. The summed E-state index contributed by atoms with van der Waals surface area (Å²) in [6.07, 6.45) is 6.02. The smallest absolute Gasteiger partial charge is 0.410 e. The number of aryl methyl sites for hydroxylation is 1. The molecule has 1 atom stereocenters. The van der Waals surface area contributed by atoms with Gasteiger partial charge in [0.15, 0.2) is 0 Å². The second-order valence-electron chi connectivity index (χ2n) is 7.50. The van der Waals surface area contributed by atoms with Gasteiger partial charge < -0.3 is 15.0 Å². The maximum atomic E-state index is 12.3. The van der Waals surface area contributed by atoms with Crippen molar-refractivity contribution in [1.82, 2.24) is 15.2 Å². The van der Waals surface area contributed by atoms with Gasteiger partial charge in [0.05, 0.1) is 11.7 Å². The molecule has 5 heteroatoms. The number of hydrogen-bond donors (Lipinski definition) is 1. The lowest BCUT2D eigenvalue weighted by Crippen LogP contribution is -2.42. The topological polar surface area (TPSA) is 54.5 Å². The fourth-order valence-corrected chi connectivity index (χ4v) is 3.10. The molecular formula is C18H27N3O2. The average molecular weight is 317 g/mol. The van der Waals surface area contributed by atoms with E-state index >= 15 is 0 Å². The summed E-state index contributed by atoms with van der Waals surface area (Å²) in [6, 6.07) is 4.83. The van der Waals surface area contributed by atoms with E-state index < -0.39 is 5.60 Å². The maximum Gasteiger partial charge on any atom is 0.410 e. The van der Waals surface area contributed by atoms with Gasteiger partial charge in [0.2, 0.25) is 0 Å². The minimum atomic E-state index is -0.439. The minimum absolute atomic E-state index is 0.188. The predicted octanol–water partition coefficient (Wildman–Crippen LogP) is 3.06. The van der Waals surface area contributed by atoms with E-state index in [1.165, 1.54) is 11.3 Å². The lowest BCUT2D eigenvalue weighted by molar-refractivity contribution is 0.0234. The van der Waals surface area contributed by atoms with Gasteiger partial charge >= 0.3 is 6.09 Å². The summed E-state index contributed by atoms with van der Waals surface area (Å²) in [5.41, 5.74) is 2.07. The molecule has 1 unspecified atom stereocenters. The number of fused-ring (bicyclic) bond motifs is 1. The number of amides is 1. The second kappa shape index (κ2) is 6.48. The van der Waals surface area contributed by atoms with Crippen LogP contribution in [-0.2, 0) is 11.2 Å². The first-order chi connectivity index (χ1) is 10.9. The highest BCUT2D eigenvalue weighted by Crippen LogP contribution is 2.30. The Morgan fingerprint density at radius 3 is 2.87 bits per heavy atom. The number of hydrogen-bond acceptors (Lipinski definition) is 4. The molecule has 2 aliphatic carbocycles. The molecule has 1 aromatic heterocycles. The molecule has 0 aliphatic heterocycles. The standard InChI is InChI=1S/C18H27N3O2/c1-18(2,3)23-17(22)21(14-7-8-14)12-11-19-15-9-6-13-5-4-10-20-16(13)15/h4-5,10,14-15,19H,6-9,11-12H2,1-3H3. The van der Waals surface area contributed by atoms with Crippen molar-refractivity contribution in [3.63, 3.8) is 0 Å². The molecule has 2 aliphatic rings. The predicted molar refractivity (Wildman–Crippen MR) is 89.3 cm³/mol. The van der Waals surface area contributed by atoms with Crippen LogP contribution in [0.3, 0.4) is 0 Å².